The lowest BCUT2D eigenvalue weighted by atomic mass is 9.95. The third-order valence-electron chi connectivity index (χ3n) is 4.69. The monoisotopic (exact) mass is 395 g/mol. The smallest absolute Gasteiger partial charge is 0.295 e. The molecule has 1 unspecified atom stereocenters. The van der Waals surface area contributed by atoms with Crippen molar-refractivity contribution < 1.29 is 24.2 Å². The Morgan fingerprint density at radius 2 is 1.72 bits per heavy atom. The first kappa shape index (κ1) is 20.6. The van der Waals surface area contributed by atoms with Crippen LogP contribution in [-0.4, -0.2) is 48.1 Å². The quantitative estimate of drug-likeness (QED) is 0.441. The summed E-state index contributed by atoms with van der Waals surface area (Å²) >= 11 is 0. The Balaban J connectivity index is 2.05. The van der Waals surface area contributed by atoms with Gasteiger partial charge in [0.25, 0.3) is 11.7 Å². The Morgan fingerprint density at radius 3 is 2.31 bits per heavy atom. The van der Waals surface area contributed by atoms with E-state index < -0.39 is 17.7 Å². The summed E-state index contributed by atoms with van der Waals surface area (Å²) in [4.78, 5) is 26.9. The van der Waals surface area contributed by atoms with Gasteiger partial charge >= 0.3 is 0 Å². The molecular formula is C23H25NO5. The number of hydrogen-bond acceptors (Lipinski definition) is 5. The number of ether oxygens (including phenoxy) is 2. The molecule has 2 aromatic rings. The number of aliphatic hydroxyl groups is 1. The molecule has 1 N–H and O–H groups in total. The summed E-state index contributed by atoms with van der Waals surface area (Å²) in [6, 6.07) is 15.4. The largest absolute Gasteiger partial charge is 0.507 e. The molecule has 1 saturated heterocycles. The predicted molar refractivity (Wildman–Crippen MR) is 110 cm³/mol. The molecule has 1 amide bonds. The number of amides is 1. The molecule has 0 spiro atoms. The minimum Gasteiger partial charge on any atom is -0.507 e. The van der Waals surface area contributed by atoms with E-state index >= 15 is 0 Å². The summed E-state index contributed by atoms with van der Waals surface area (Å²) in [6.07, 6.45) is 0.0265. The number of methoxy groups -OCH3 is 1. The molecular weight excluding hydrogens is 370 g/mol. The number of aliphatic hydroxyl groups excluding tert-OH is 1. The number of ketones is 1. The van der Waals surface area contributed by atoms with E-state index in [1.165, 1.54) is 12.0 Å². The first-order valence-electron chi connectivity index (χ1n) is 9.53. The van der Waals surface area contributed by atoms with Crippen molar-refractivity contribution in [2.75, 3.05) is 20.3 Å². The highest BCUT2D eigenvalue weighted by Crippen LogP contribution is 2.39. The minimum absolute atomic E-state index is 0.0265. The standard InChI is InChI=1S/C23H25NO5/c1-15(2)29-18-11-9-17(10-12-18)21(25)19-20(16-7-5-4-6-8-16)24(13-14-28-3)23(27)22(19)26/h4-12,15,20,25H,13-14H2,1-3H3/b21-19-. The molecule has 6 nitrogen and oxygen atoms in total. The van der Waals surface area contributed by atoms with Crippen molar-refractivity contribution in [1.82, 2.24) is 4.90 Å². The van der Waals surface area contributed by atoms with Gasteiger partial charge < -0.3 is 19.5 Å². The summed E-state index contributed by atoms with van der Waals surface area (Å²) < 4.78 is 10.7. The fourth-order valence-electron chi connectivity index (χ4n) is 3.40. The average Bonchev–Trinajstić information content (AvgIpc) is 2.97. The molecule has 0 bridgehead atoms. The van der Waals surface area contributed by atoms with Crippen LogP contribution in [-0.2, 0) is 14.3 Å². The molecule has 0 radical (unpaired) electrons. The number of hydrogen-bond donors (Lipinski definition) is 1. The molecule has 1 aliphatic heterocycles. The van der Waals surface area contributed by atoms with Crippen LogP contribution in [0, 0.1) is 0 Å². The number of carbonyl (C=O) groups is 2. The Morgan fingerprint density at radius 1 is 1.07 bits per heavy atom. The number of Topliss-reactive ketones (excluding diaryl/α,β-unsaturated/α-hetero) is 1. The topological polar surface area (TPSA) is 76.1 Å². The van der Waals surface area contributed by atoms with E-state index in [1.54, 1.807) is 24.3 Å². The molecule has 1 heterocycles. The molecule has 2 aromatic carbocycles. The Hall–Kier alpha value is -3.12. The van der Waals surface area contributed by atoms with Crippen LogP contribution >= 0.6 is 0 Å². The van der Waals surface area contributed by atoms with Gasteiger partial charge in [-0.15, -0.1) is 0 Å². The summed E-state index contributed by atoms with van der Waals surface area (Å²) in [5, 5.41) is 11.0. The lowest BCUT2D eigenvalue weighted by molar-refractivity contribution is -0.140. The fourth-order valence-corrected chi connectivity index (χ4v) is 3.40. The lowest BCUT2D eigenvalue weighted by Gasteiger charge is -2.25. The molecule has 1 aliphatic rings. The van der Waals surface area contributed by atoms with Crippen molar-refractivity contribution in [3.8, 4) is 5.75 Å². The second-order valence-corrected chi connectivity index (χ2v) is 7.09. The molecule has 29 heavy (non-hydrogen) atoms. The summed E-state index contributed by atoms with van der Waals surface area (Å²) in [6.45, 7) is 4.39. The highest BCUT2D eigenvalue weighted by atomic mass is 16.5. The van der Waals surface area contributed by atoms with Gasteiger partial charge in [0.2, 0.25) is 0 Å². The predicted octanol–water partition coefficient (Wildman–Crippen LogP) is 3.54. The molecule has 1 atom stereocenters. The third-order valence-corrected chi connectivity index (χ3v) is 4.69. The second kappa shape index (κ2) is 8.92. The van der Waals surface area contributed by atoms with Crippen LogP contribution in [0.25, 0.3) is 5.76 Å². The summed E-state index contributed by atoms with van der Waals surface area (Å²) in [5.41, 5.74) is 1.28. The lowest BCUT2D eigenvalue weighted by Crippen LogP contribution is -2.32. The van der Waals surface area contributed by atoms with Crippen molar-refractivity contribution in [1.29, 1.82) is 0 Å². The maximum Gasteiger partial charge on any atom is 0.295 e. The highest BCUT2D eigenvalue weighted by molar-refractivity contribution is 6.46. The van der Waals surface area contributed by atoms with Crippen LogP contribution in [0.4, 0.5) is 0 Å². The maximum absolute atomic E-state index is 12.8. The number of nitrogens with zero attached hydrogens (tertiary/aromatic N) is 1. The van der Waals surface area contributed by atoms with E-state index in [-0.39, 0.29) is 30.6 Å². The van der Waals surface area contributed by atoms with Crippen LogP contribution in [0.15, 0.2) is 60.2 Å². The molecule has 3 rings (SSSR count). The molecule has 0 saturated carbocycles. The summed E-state index contributed by atoms with van der Waals surface area (Å²) in [7, 11) is 1.54. The molecule has 0 aliphatic carbocycles. The molecule has 1 fully saturated rings. The van der Waals surface area contributed by atoms with Gasteiger partial charge in [0.1, 0.15) is 11.5 Å². The zero-order chi connectivity index (χ0) is 21.0. The van der Waals surface area contributed by atoms with Crippen LogP contribution in [0.3, 0.4) is 0 Å². The molecule has 152 valence electrons. The first-order valence-corrected chi connectivity index (χ1v) is 9.53. The number of carbonyl (C=O) groups excluding carboxylic acids is 2. The zero-order valence-corrected chi connectivity index (χ0v) is 16.8. The van der Waals surface area contributed by atoms with Gasteiger partial charge in [-0.1, -0.05) is 30.3 Å². The van der Waals surface area contributed by atoms with Gasteiger partial charge in [-0.05, 0) is 43.7 Å². The van der Waals surface area contributed by atoms with E-state index in [0.29, 0.717) is 11.3 Å². The fraction of sp³-hybridized carbons (Fsp3) is 0.304. The highest BCUT2D eigenvalue weighted by Gasteiger charge is 2.45. The van der Waals surface area contributed by atoms with Gasteiger partial charge in [-0.25, -0.2) is 0 Å². The van der Waals surface area contributed by atoms with Gasteiger partial charge in [0.05, 0.1) is 24.3 Å². The molecule has 0 aromatic heterocycles. The van der Waals surface area contributed by atoms with Crippen LogP contribution in [0.5, 0.6) is 5.75 Å². The minimum atomic E-state index is -0.699. The normalized spacial score (nSPS) is 18.5. The van der Waals surface area contributed by atoms with Crippen molar-refractivity contribution in [3.05, 3.63) is 71.3 Å². The van der Waals surface area contributed by atoms with E-state index in [1.807, 2.05) is 44.2 Å². The van der Waals surface area contributed by atoms with Crippen molar-refractivity contribution >= 4 is 17.4 Å². The maximum atomic E-state index is 12.8. The van der Waals surface area contributed by atoms with Crippen LogP contribution in [0.1, 0.15) is 31.0 Å². The van der Waals surface area contributed by atoms with Crippen molar-refractivity contribution in [2.45, 2.75) is 26.0 Å². The van der Waals surface area contributed by atoms with E-state index in [0.717, 1.165) is 5.56 Å². The third kappa shape index (κ3) is 4.32. The average molecular weight is 395 g/mol. The van der Waals surface area contributed by atoms with Gasteiger partial charge in [0.15, 0.2) is 0 Å². The van der Waals surface area contributed by atoms with Crippen molar-refractivity contribution in [3.63, 3.8) is 0 Å². The van der Waals surface area contributed by atoms with Gasteiger partial charge in [-0.3, -0.25) is 9.59 Å². The van der Waals surface area contributed by atoms with E-state index in [4.69, 9.17) is 9.47 Å². The Bertz CT molecular complexity index is 903. The van der Waals surface area contributed by atoms with E-state index in [9.17, 15) is 14.7 Å². The van der Waals surface area contributed by atoms with Gasteiger partial charge in [0, 0.05) is 19.2 Å². The Labute approximate surface area is 170 Å². The Kier molecular flexibility index (Phi) is 6.34. The molecule has 6 heteroatoms. The van der Waals surface area contributed by atoms with E-state index in [2.05, 4.69) is 0 Å². The summed E-state index contributed by atoms with van der Waals surface area (Å²) in [5.74, 6) is -0.878. The first-order chi connectivity index (χ1) is 13.9. The van der Waals surface area contributed by atoms with Crippen molar-refractivity contribution in [2.24, 2.45) is 0 Å². The van der Waals surface area contributed by atoms with Crippen LogP contribution in [0.2, 0.25) is 0 Å². The van der Waals surface area contributed by atoms with Crippen LogP contribution < -0.4 is 4.74 Å². The SMILES string of the molecule is COCCN1C(=O)C(=O)/C(=C(\O)c2ccc(OC(C)C)cc2)C1c1ccccc1. The van der Waals surface area contributed by atoms with Gasteiger partial charge in [-0.2, -0.15) is 0 Å². The number of likely N-dealkylation sites (tertiary alicyclic amines) is 1. The number of benzene rings is 2. The zero-order valence-electron chi connectivity index (χ0n) is 16.8. The number of rotatable bonds is 7. The second-order valence-electron chi connectivity index (χ2n) is 7.09.